The second kappa shape index (κ2) is 8.53. The van der Waals surface area contributed by atoms with E-state index in [0.717, 1.165) is 0 Å². The quantitative estimate of drug-likeness (QED) is 0.245. The standard InChI is InChI=1S/C35H31N/c1-22-14-16-27(17-15-22)34-23(2)25(4)35(26(5)24(34)3)28-18-20-29(21-19-28)36-32-12-8-6-10-30(32)31-11-7-9-13-33(31)36/h6-21H,1-5H3. The van der Waals surface area contributed by atoms with Crippen molar-refractivity contribution in [3.05, 3.63) is 125 Å². The molecule has 0 unspecified atom stereocenters. The van der Waals surface area contributed by atoms with E-state index in [0.29, 0.717) is 0 Å². The highest BCUT2D eigenvalue weighted by molar-refractivity contribution is 6.09. The molecule has 1 nitrogen and oxygen atoms in total. The number of rotatable bonds is 3. The molecule has 36 heavy (non-hydrogen) atoms. The van der Waals surface area contributed by atoms with Gasteiger partial charge in [0.2, 0.25) is 0 Å². The highest BCUT2D eigenvalue weighted by Crippen LogP contribution is 2.40. The van der Waals surface area contributed by atoms with Gasteiger partial charge in [0.15, 0.2) is 0 Å². The summed E-state index contributed by atoms with van der Waals surface area (Å²) in [6.07, 6.45) is 0. The lowest BCUT2D eigenvalue weighted by Gasteiger charge is -2.21. The number of para-hydroxylation sites is 2. The van der Waals surface area contributed by atoms with Crippen LogP contribution in [0.15, 0.2) is 97.1 Å². The maximum Gasteiger partial charge on any atom is 0.0541 e. The molecule has 0 N–H and O–H groups in total. The normalized spacial score (nSPS) is 11.5. The molecule has 176 valence electrons. The van der Waals surface area contributed by atoms with Gasteiger partial charge < -0.3 is 4.57 Å². The topological polar surface area (TPSA) is 4.93 Å². The molecule has 6 rings (SSSR count). The first-order valence-corrected chi connectivity index (χ1v) is 12.7. The number of aromatic nitrogens is 1. The summed E-state index contributed by atoms with van der Waals surface area (Å²) >= 11 is 0. The van der Waals surface area contributed by atoms with E-state index in [1.807, 2.05) is 0 Å². The first-order valence-electron chi connectivity index (χ1n) is 12.7. The summed E-state index contributed by atoms with van der Waals surface area (Å²) in [5, 5.41) is 2.59. The smallest absolute Gasteiger partial charge is 0.0541 e. The third-order valence-electron chi connectivity index (χ3n) is 7.96. The van der Waals surface area contributed by atoms with Gasteiger partial charge in [-0.15, -0.1) is 0 Å². The minimum atomic E-state index is 1.19. The lowest BCUT2D eigenvalue weighted by atomic mass is 9.83. The molecule has 0 amide bonds. The minimum Gasteiger partial charge on any atom is -0.309 e. The molecule has 1 heterocycles. The molecule has 0 bridgehead atoms. The van der Waals surface area contributed by atoms with E-state index in [1.165, 1.54) is 77.6 Å². The molecule has 0 saturated carbocycles. The van der Waals surface area contributed by atoms with E-state index in [4.69, 9.17) is 0 Å². The van der Waals surface area contributed by atoms with Crippen LogP contribution in [0, 0.1) is 34.6 Å². The van der Waals surface area contributed by atoms with Crippen LogP contribution in [-0.2, 0) is 0 Å². The molecule has 0 saturated heterocycles. The van der Waals surface area contributed by atoms with E-state index < -0.39 is 0 Å². The van der Waals surface area contributed by atoms with E-state index >= 15 is 0 Å². The summed E-state index contributed by atoms with van der Waals surface area (Å²) < 4.78 is 2.38. The number of nitrogens with zero attached hydrogens (tertiary/aromatic N) is 1. The third-order valence-corrected chi connectivity index (χ3v) is 7.96. The van der Waals surface area contributed by atoms with Crippen molar-refractivity contribution >= 4 is 21.8 Å². The SMILES string of the molecule is Cc1ccc(-c2c(C)c(C)c(-c3ccc(-n4c5ccccc5c5ccccc54)cc3)c(C)c2C)cc1. The summed E-state index contributed by atoms with van der Waals surface area (Å²) in [6, 6.07) is 35.4. The Labute approximate surface area is 213 Å². The number of benzene rings is 5. The summed E-state index contributed by atoms with van der Waals surface area (Å²) in [5.74, 6) is 0. The fourth-order valence-corrected chi connectivity index (χ4v) is 5.88. The van der Waals surface area contributed by atoms with Crippen LogP contribution in [-0.4, -0.2) is 4.57 Å². The first-order chi connectivity index (χ1) is 17.5. The molecule has 6 aromatic rings. The molecule has 0 aliphatic carbocycles. The maximum atomic E-state index is 2.38. The van der Waals surface area contributed by atoms with Gasteiger partial charge in [-0.2, -0.15) is 0 Å². The monoisotopic (exact) mass is 465 g/mol. The molecule has 0 atom stereocenters. The van der Waals surface area contributed by atoms with Gasteiger partial charge in [-0.1, -0.05) is 78.4 Å². The average Bonchev–Trinajstić information content (AvgIpc) is 3.24. The van der Waals surface area contributed by atoms with Crippen LogP contribution in [0.4, 0.5) is 0 Å². The van der Waals surface area contributed by atoms with Crippen molar-refractivity contribution in [2.45, 2.75) is 34.6 Å². The van der Waals surface area contributed by atoms with Crippen LogP contribution in [0.5, 0.6) is 0 Å². The van der Waals surface area contributed by atoms with Crippen molar-refractivity contribution in [2.24, 2.45) is 0 Å². The molecular weight excluding hydrogens is 434 g/mol. The second-order valence-corrected chi connectivity index (χ2v) is 10.0. The molecule has 0 fully saturated rings. The number of hydrogen-bond acceptors (Lipinski definition) is 0. The van der Waals surface area contributed by atoms with Gasteiger partial charge in [-0.25, -0.2) is 0 Å². The average molecular weight is 466 g/mol. The van der Waals surface area contributed by atoms with Gasteiger partial charge >= 0.3 is 0 Å². The molecule has 0 aliphatic rings. The molecule has 0 spiro atoms. The molecule has 0 aliphatic heterocycles. The third kappa shape index (κ3) is 3.38. The number of fused-ring (bicyclic) bond motifs is 3. The van der Waals surface area contributed by atoms with Crippen LogP contribution in [0.1, 0.15) is 27.8 Å². The Bertz CT molecular complexity index is 1660. The van der Waals surface area contributed by atoms with E-state index in [-0.39, 0.29) is 0 Å². The summed E-state index contributed by atoms with van der Waals surface area (Å²) in [7, 11) is 0. The zero-order chi connectivity index (χ0) is 25.0. The van der Waals surface area contributed by atoms with Crippen molar-refractivity contribution in [3.8, 4) is 27.9 Å². The Morgan fingerprint density at radius 3 is 1.25 bits per heavy atom. The van der Waals surface area contributed by atoms with Crippen LogP contribution >= 0.6 is 0 Å². The van der Waals surface area contributed by atoms with Crippen LogP contribution in [0.25, 0.3) is 49.7 Å². The zero-order valence-electron chi connectivity index (χ0n) is 21.7. The largest absolute Gasteiger partial charge is 0.309 e. The van der Waals surface area contributed by atoms with Crippen molar-refractivity contribution in [2.75, 3.05) is 0 Å². The molecule has 5 aromatic carbocycles. The summed E-state index contributed by atoms with van der Waals surface area (Å²) in [6.45, 7) is 11.2. The first kappa shape index (κ1) is 22.4. The van der Waals surface area contributed by atoms with E-state index in [1.54, 1.807) is 0 Å². The highest BCUT2D eigenvalue weighted by atomic mass is 15.0. The molecular formula is C35H31N. The van der Waals surface area contributed by atoms with Gasteiger partial charge in [0, 0.05) is 16.5 Å². The van der Waals surface area contributed by atoms with E-state index in [9.17, 15) is 0 Å². The number of hydrogen-bond donors (Lipinski definition) is 0. The molecule has 1 aromatic heterocycles. The van der Waals surface area contributed by atoms with Crippen molar-refractivity contribution < 1.29 is 0 Å². The fourth-order valence-electron chi connectivity index (χ4n) is 5.88. The Hall–Kier alpha value is -4.10. The van der Waals surface area contributed by atoms with Crippen LogP contribution in [0.2, 0.25) is 0 Å². The van der Waals surface area contributed by atoms with Gasteiger partial charge in [0.1, 0.15) is 0 Å². The Balaban J connectivity index is 1.49. The van der Waals surface area contributed by atoms with E-state index in [2.05, 4.69) is 136 Å². The Morgan fingerprint density at radius 2 is 0.806 bits per heavy atom. The second-order valence-electron chi connectivity index (χ2n) is 10.0. The highest BCUT2D eigenvalue weighted by Gasteiger charge is 2.18. The summed E-state index contributed by atoms with van der Waals surface area (Å²) in [5.41, 5.74) is 15.7. The van der Waals surface area contributed by atoms with Crippen LogP contribution < -0.4 is 0 Å². The molecule has 1 heteroatoms. The lowest BCUT2D eigenvalue weighted by molar-refractivity contribution is 1.18. The Morgan fingerprint density at radius 1 is 0.417 bits per heavy atom. The van der Waals surface area contributed by atoms with Crippen molar-refractivity contribution in [1.82, 2.24) is 4.57 Å². The van der Waals surface area contributed by atoms with Crippen molar-refractivity contribution in [3.63, 3.8) is 0 Å². The summed E-state index contributed by atoms with van der Waals surface area (Å²) in [4.78, 5) is 0. The zero-order valence-corrected chi connectivity index (χ0v) is 21.7. The fraction of sp³-hybridized carbons (Fsp3) is 0.143. The predicted octanol–water partition coefficient (Wildman–Crippen LogP) is 9.66. The maximum absolute atomic E-state index is 2.38. The van der Waals surface area contributed by atoms with Crippen LogP contribution in [0.3, 0.4) is 0 Å². The lowest BCUT2D eigenvalue weighted by Crippen LogP contribution is -2.00. The van der Waals surface area contributed by atoms with Gasteiger partial charge in [-0.05, 0) is 103 Å². The van der Waals surface area contributed by atoms with Gasteiger partial charge in [-0.3, -0.25) is 0 Å². The Kier molecular flexibility index (Phi) is 5.30. The minimum absolute atomic E-state index is 1.19. The predicted molar refractivity (Wildman–Crippen MR) is 155 cm³/mol. The number of aryl methyl sites for hydroxylation is 1. The van der Waals surface area contributed by atoms with Gasteiger partial charge in [0.05, 0.1) is 11.0 Å². The van der Waals surface area contributed by atoms with Crippen molar-refractivity contribution in [1.29, 1.82) is 0 Å². The van der Waals surface area contributed by atoms with Gasteiger partial charge in [0.25, 0.3) is 0 Å². The molecule has 0 radical (unpaired) electrons.